The summed E-state index contributed by atoms with van der Waals surface area (Å²) in [6, 6.07) is 0. The predicted octanol–water partition coefficient (Wildman–Crippen LogP) is 2.21. The molecule has 15 heavy (non-hydrogen) atoms. The van der Waals surface area contributed by atoms with E-state index in [0.717, 1.165) is 6.42 Å². The molecule has 86 valence electrons. The van der Waals surface area contributed by atoms with Gasteiger partial charge in [0.1, 0.15) is 5.60 Å². The van der Waals surface area contributed by atoms with Crippen LogP contribution in [-0.4, -0.2) is 23.9 Å². The molecule has 0 aromatic heterocycles. The zero-order valence-corrected chi connectivity index (χ0v) is 10.2. The number of terminal acetylenes is 1. The van der Waals surface area contributed by atoms with Gasteiger partial charge in [0.15, 0.2) is 0 Å². The van der Waals surface area contributed by atoms with E-state index in [9.17, 15) is 5.11 Å². The van der Waals surface area contributed by atoms with Gasteiger partial charge in [-0.05, 0) is 30.6 Å². The molecule has 0 saturated heterocycles. The second kappa shape index (κ2) is 4.15. The second-order valence-corrected chi connectivity index (χ2v) is 5.67. The van der Waals surface area contributed by atoms with Gasteiger partial charge in [-0.2, -0.15) is 0 Å². The lowest BCUT2D eigenvalue weighted by molar-refractivity contribution is -0.0809. The first-order chi connectivity index (χ1) is 6.82. The Balaban J connectivity index is 2.85. The van der Waals surface area contributed by atoms with Crippen molar-refractivity contribution in [2.45, 2.75) is 51.7 Å². The Morgan fingerprint density at radius 2 is 2.07 bits per heavy atom. The van der Waals surface area contributed by atoms with Crippen LogP contribution in [0, 0.1) is 23.7 Å². The minimum atomic E-state index is -0.924. The summed E-state index contributed by atoms with van der Waals surface area (Å²) in [7, 11) is 1.74. The Kier molecular flexibility index (Phi) is 3.48. The first-order valence-electron chi connectivity index (χ1n) is 5.55. The molecule has 0 amide bonds. The topological polar surface area (TPSA) is 29.5 Å². The number of methoxy groups -OCH3 is 1. The van der Waals surface area contributed by atoms with Crippen molar-refractivity contribution in [3.05, 3.63) is 0 Å². The fourth-order valence-corrected chi connectivity index (χ4v) is 2.46. The van der Waals surface area contributed by atoms with Crippen LogP contribution >= 0.6 is 0 Å². The molecule has 0 heterocycles. The average molecular weight is 210 g/mol. The maximum absolute atomic E-state index is 10.1. The fourth-order valence-electron chi connectivity index (χ4n) is 2.46. The van der Waals surface area contributed by atoms with Crippen molar-refractivity contribution in [1.82, 2.24) is 0 Å². The lowest BCUT2D eigenvalue weighted by atomic mass is 9.66. The third-order valence-corrected chi connectivity index (χ3v) is 3.53. The molecule has 0 aromatic rings. The summed E-state index contributed by atoms with van der Waals surface area (Å²) in [6.45, 7) is 6.52. The average Bonchev–Trinajstić information content (AvgIpc) is 2.16. The Bertz CT molecular complexity index is 259. The predicted molar refractivity (Wildman–Crippen MR) is 61.4 cm³/mol. The summed E-state index contributed by atoms with van der Waals surface area (Å²) in [5.74, 6) is 2.84. The molecule has 1 N–H and O–H groups in total. The molecule has 1 aliphatic carbocycles. The van der Waals surface area contributed by atoms with Crippen LogP contribution in [0.25, 0.3) is 0 Å². The van der Waals surface area contributed by atoms with E-state index in [2.05, 4.69) is 26.7 Å². The molecule has 1 fully saturated rings. The molecule has 1 rings (SSSR count). The highest BCUT2D eigenvalue weighted by molar-refractivity contribution is 5.11. The summed E-state index contributed by atoms with van der Waals surface area (Å²) < 4.78 is 5.49. The van der Waals surface area contributed by atoms with Crippen molar-refractivity contribution >= 4 is 0 Å². The molecule has 3 unspecified atom stereocenters. The fraction of sp³-hybridized carbons (Fsp3) is 0.846. The Labute approximate surface area is 93.0 Å². The van der Waals surface area contributed by atoms with E-state index >= 15 is 0 Å². The molecule has 0 aliphatic heterocycles. The molecule has 1 aliphatic rings. The van der Waals surface area contributed by atoms with Gasteiger partial charge in [0.05, 0.1) is 6.10 Å². The van der Waals surface area contributed by atoms with E-state index in [-0.39, 0.29) is 11.5 Å². The molecular formula is C13H22O2. The molecule has 2 nitrogen and oxygen atoms in total. The maximum Gasteiger partial charge on any atom is 0.125 e. The summed E-state index contributed by atoms with van der Waals surface area (Å²) in [5.41, 5.74) is -0.807. The van der Waals surface area contributed by atoms with Gasteiger partial charge < -0.3 is 9.84 Å². The Hall–Kier alpha value is -0.520. The van der Waals surface area contributed by atoms with Crippen molar-refractivity contribution < 1.29 is 9.84 Å². The number of aliphatic hydroxyl groups is 1. The van der Waals surface area contributed by atoms with Gasteiger partial charge in [-0.15, -0.1) is 6.42 Å². The summed E-state index contributed by atoms with van der Waals surface area (Å²) in [5, 5.41) is 10.1. The highest BCUT2D eigenvalue weighted by Crippen LogP contribution is 2.43. The normalized spacial score (nSPS) is 37.3. The highest BCUT2D eigenvalue weighted by atomic mass is 16.5. The molecule has 0 aromatic carbocycles. The van der Waals surface area contributed by atoms with Gasteiger partial charge in [-0.3, -0.25) is 0 Å². The third-order valence-electron chi connectivity index (χ3n) is 3.53. The molecule has 0 bridgehead atoms. The summed E-state index contributed by atoms with van der Waals surface area (Å²) >= 11 is 0. The standard InChI is InChI=1S/C13H22O2/c1-6-13(14)8-7-11(15-5)10(9-13)12(2,3)4/h1,10-11,14H,7-9H2,2-5H3. The second-order valence-electron chi connectivity index (χ2n) is 5.67. The maximum atomic E-state index is 10.1. The number of rotatable bonds is 1. The monoisotopic (exact) mass is 210 g/mol. The minimum Gasteiger partial charge on any atom is -0.381 e. The van der Waals surface area contributed by atoms with Crippen LogP contribution < -0.4 is 0 Å². The van der Waals surface area contributed by atoms with Crippen LogP contribution in [0.15, 0.2) is 0 Å². The van der Waals surface area contributed by atoms with E-state index < -0.39 is 5.60 Å². The van der Waals surface area contributed by atoms with Crippen molar-refractivity contribution in [3.8, 4) is 12.3 Å². The smallest absolute Gasteiger partial charge is 0.125 e. The molecule has 3 atom stereocenters. The molecule has 0 radical (unpaired) electrons. The van der Waals surface area contributed by atoms with Crippen LogP contribution in [0.5, 0.6) is 0 Å². The SMILES string of the molecule is C#CC1(O)CCC(OC)C(C(C)(C)C)C1. The minimum absolute atomic E-state index is 0.117. The van der Waals surface area contributed by atoms with Gasteiger partial charge in [-0.25, -0.2) is 0 Å². The number of hydrogen-bond donors (Lipinski definition) is 1. The highest BCUT2D eigenvalue weighted by Gasteiger charge is 2.43. The van der Waals surface area contributed by atoms with Gasteiger partial charge in [0.25, 0.3) is 0 Å². The zero-order valence-electron chi connectivity index (χ0n) is 10.2. The Morgan fingerprint density at radius 1 is 1.47 bits per heavy atom. The molecular weight excluding hydrogens is 188 g/mol. The van der Waals surface area contributed by atoms with Crippen molar-refractivity contribution in [1.29, 1.82) is 0 Å². The van der Waals surface area contributed by atoms with Crippen molar-refractivity contribution in [2.24, 2.45) is 11.3 Å². The van der Waals surface area contributed by atoms with Crippen LogP contribution in [0.3, 0.4) is 0 Å². The van der Waals surface area contributed by atoms with Crippen LogP contribution in [0.4, 0.5) is 0 Å². The van der Waals surface area contributed by atoms with Gasteiger partial charge >= 0.3 is 0 Å². The van der Waals surface area contributed by atoms with E-state index in [0.29, 0.717) is 18.8 Å². The van der Waals surface area contributed by atoms with Crippen LogP contribution in [0.1, 0.15) is 40.0 Å². The van der Waals surface area contributed by atoms with E-state index in [4.69, 9.17) is 11.2 Å². The lowest BCUT2D eigenvalue weighted by Gasteiger charge is -2.44. The third kappa shape index (κ3) is 2.74. The van der Waals surface area contributed by atoms with Crippen molar-refractivity contribution in [2.75, 3.05) is 7.11 Å². The van der Waals surface area contributed by atoms with Gasteiger partial charge in [0, 0.05) is 7.11 Å². The van der Waals surface area contributed by atoms with Gasteiger partial charge in [-0.1, -0.05) is 26.7 Å². The first-order valence-corrected chi connectivity index (χ1v) is 5.55. The van der Waals surface area contributed by atoms with Crippen molar-refractivity contribution in [3.63, 3.8) is 0 Å². The number of hydrogen-bond acceptors (Lipinski definition) is 2. The van der Waals surface area contributed by atoms with Crippen LogP contribution in [-0.2, 0) is 4.74 Å². The summed E-state index contributed by atoms with van der Waals surface area (Å²) in [6.07, 6.45) is 7.75. The first kappa shape index (κ1) is 12.5. The molecule has 2 heteroatoms. The van der Waals surface area contributed by atoms with E-state index in [1.807, 2.05) is 0 Å². The van der Waals surface area contributed by atoms with E-state index in [1.165, 1.54) is 0 Å². The quantitative estimate of drug-likeness (QED) is 0.672. The zero-order chi connectivity index (χ0) is 11.7. The van der Waals surface area contributed by atoms with Gasteiger partial charge in [0.2, 0.25) is 0 Å². The largest absolute Gasteiger partial charge is 0.381 e. The number of ether oxygens (including phenoxy) is 1. The Morgan fingerprint density at radius 3 is 2.47 bits per heavy atom. The molecule has 1 saturated carbocycles. The van der Waals surface area contributed by atoms with E-state index in [1.54, 1.807) is 7.11 Å². The molecule has 0 spiro atoms. The van der Waals surface area contributed by atoms with Crippen LogP contribution in [0.2, 0.25) is 0 Å². The summed E-state index contributed by atoms with van der Waals surface area (Å²) in [4.78, 5) is 0. The lowest BCUT2D eigenvalue weighted by Crippen LogP contribution is -2.46.